The van der Waals surface area contributed by atoms with Gasteiger partial charge in [-0.25, -0.2) is 9.37 Å². The maximum absolute atomic E-state index is 13.4. The van der Waals surface area contributed by atoms with E-state index in [1.54, 1.807) is 6.07 Å². The Labute approximate surface area is 174 Å². The molecule has 1 fully saturated rings. The molecule has 2 heterocycles. The van der Waals surface area contributed by atoms with Gasteiger partial charge in [0.25, 0.3) is 0 Å². The Bertz CT molecular complexity index is 954. The molecule has 1 aliphatic rings. The van der Waals surface area contributed by atoms with Crippen LogP contribution >= 0.6 is 11.3 Å². The lowest BCUT2D eigenvalue weighted by atomic mass is 10.1. The van der Waals surface area contributed by atoms with Gasteiger partial charge in [0.15, 0.2) is 0 Å². The van der Waals surface area contributed by atoms with Gasteiger partial charge >= 0.3 is 0 Å². The second kappa shape index (κ2) is 9.29. The predicted molar refractivity (Wildman–Crippen MR) is 114 cm³/mol. The molecule has 1 atom stereocenters. The number of benzene rings is 2. The number of carbonyl (C=O) groups excluding carboxylic acids is 1. The van der Waals surface area contributed by atoms with Gasteiger partial charge in [-0.1, -0.05) is 42.5 Å². The third-order valence-corrected chi connectivity index (χ3v) is 6.16. The highest BCUT2D eigenvalue weighted by atomic mass is 32.1. The van der Waals surface area contributed by atoms with Crippen LogP contribution < -0.4 is 5.32 Å². The number of nitrogens with one attached hydrogen (secondary N) is 1. The van der Waals surface area contributed by atoms with Gasteiger partial charge in [-0.2, -0.15) is 0 Å². The number of likely N-dealkylation sites (tertiary alicyclic amines) is 1. The standard InChI is InChI=1S/C23H24FN3OS/c24-19-10-6-9-18(13-19)23-26-20(16-29-23)14-22(28)25-15-21(27-11-4-5-12-27)17-7-2-1-3-8-17/h1-3,6-10,13,16,21H,4-5,11-12,14-15H2,(H,25,28). The summed E-state index contributed by atoms with van der Waals surface area (Å²) in [5, 5.41) is 5.69. The molecule has 150 valence electrons. The van der Waals surface area contributed by atoms with Crippen molar-refractivity contribution in [2.45, 2.75) is 25.3 Å². The molecule has 1 unspecified atom stereocenters. The van der Waals surface area contributed by atoms with Crippen molar-refractivity contribution in [1.82, 2.24) is 15.2 Å². The van der Waals surface area contributed by atoms with Crippen molar-refractivity contribution in [3.8, 4) is 10.6 Å². The third kappa shape index (κ3) is 5.08. The molecule has 1 aromatic heterocycles. The molecule has 29 heavy (non-hydrogen) atoms. The quantitative estimate of drug-likeness (QED) is 0.627. The molecule has 0 radical (unpaired) electrons. The van der Waals surface area contributed by atoms with Crippen LogP contribution in [-0.4, -0.2) is 35.4 Å². The first-order chi connectivity index (χ1) is 14.2. The Kier molecular flexibility index (Phi) is 6.32. The van der Waals surface area contributed by atoms with Gasteiger partial charge in [0.2, 0.25) is 5.91 Å². The molecular formula is C23H24FN3OS. The summed E-state index contributed by atoms with van der Waals surface area (Å²) >= 11 is 1.43. The zero-order chi connectivity index (χ0) is 20.1. The zero-order valence-electron chi connectivity index (χ0n) is 16.2. The van der Waals surface area contributed by atoms with Gasteiger partial charge in [-0.3, -0.25) is 9.69 Å². The molecule has 6 heteroatoms. The van der Waals surface area contributed by atoms with Gasteiger partial charge in [-0.05, 0) is 43.6 Å². The number of aromatic nitrogens is 1. The molecule has 0 aliphatic carbocycles. The second-order valence-corrected chi connectivity index (χ2v) is 8.16. The Morgan fingerprint density at radius 3 is 2.69 bits per heavy atom. The van der Waals surface area contributed by atoms with E-state index < -0.39 is 0 Å². The summed E-state index contributed by atoms with van der Waals surface area (Å²) < 4.78 is 13.4. The van der Waals surface area contributed by atoms with Crippen molar-refractivity contribution in [2.24, 2.45) is 0 Å². The van der Waals surface area contributed by atoms with E-state index in [4.69, 9.17) is 0 Å². The van der Waals surface area contributed by atoms with Gasteiger partial charge in [0.05, 0.1) is 18.2 Å². The molecule has 3 aromatic rings. The number of hydrogen-bond acceptors (Lipinski definition) is 4. The van der Waals surface area contributed by atoms with E-state index in [2.05, 4.69) is 27.3 Å². The highest BCUT2D eigenvalue weighted by Gasteiger charge is 2.24. The van der Waals surface area contributed by atoms with Crippen LogP contribution in [0.2, 0.25) is 0 Å². The fraction of sp³-hybridized carbons (Fsp3) is 0.304. The normalized spacial score (nSPS) is 15.3. The molecular weight excluding hydrogens is 385 g/mol. The monoisotopic (exact) mass is 409 g/mol. The third-order valence-electron chi connectivity index (χ3n) is 5.22. The molecule has 1 saturated heterocycles. The topological polar surface area (TPSA) is 45.2 Å². The number of halogens is 1. The van der Waals surface area contributed by atoms with Crippen molar-refractivity contribution < 1.29 is 9.18 Å². The average Bonchev–Trinajstić information content (AvgIpc) is 3.42. The van der Waals surface area contributed by atoms with E-state index in [1.165, 1.54) is 41.9 Å². The van der Waals surface area contributed by atoms with Crippen molar-refractivity contribution in [1.29, 1.82) is 0 Å². The predicted octanol–water partition coefficient (Wildman–Crippen LogP) is 4.45. The number of hydrogen-bond donors (Lipinski definition) is 1. The number of carbonyl (C=O) groups is 1. The Morgan fingerprint density at radius 1 is 1.14 bits per heavy atom. The minimum absolute atomic E-state index is 0.0405. The molecule has 0 saturated carbocycles. The van der Waals surface area contributed by atoms with Crippen LogP contribution in [0, 0.1) is 5.82 Å². The summed E-state index contributed by atoms with van der Waals surface area (Å²) in [5.74, 6) is -0.327. The molecule has 4 rings (SSSR count). The summed E-state index contributed by atoms with van der Waals surface area (Å²) in [4.78, 5) is 19.5. The van der Waals surface area contributed by atoms with Crippen molar-refractivity contribution >= 4 is 17.2 Å². The van der Waals surface area contributed by atoms with Crippen molar-refractivity contribution in [3.05, 3.63) is 77.1 Å². The van der Waals surface area contributed by atoms with Crippen LogP contribution in [0.3, 0.4) is 0 Å². The molecule has 0 bridgehead atoms. The van der Waals surface area contributed by atoms with Crippen LogP contribution in [0.5, 0.6) is 0 Å². The maximum Gasteiger partial charge on any atom is 0.226 e. The van der Waals surface area contributed by atoms with Crippen LogP contribution in [-0.2, 0) is 11.2 Å². The van der Waals surface area contributed by atoms with E-state index in [1.807, 2.05) is 29.6 Å². The van der Waals surface area contributed by atoms with Crippen molar-refractivity contribution in [3.63, 3.8) is 0 Å². The molecule has 1 amide bonds. The highest BCUT2D eigenvalue weighted by molar-refractivity contribution is 7.13. The molecule has 1 N–H and O–H groups in total. The smallest absolute Gasteiger partial charge is 0.226 e. The minimum Gasteiger partial charge on any atom is -0.354 e. The largest absolute Gasteiger partial charge is 0.354 e. The number of thiazole rings is 1. The first kappa shape index (κ1) is 19.7. The first-order valence-electron chi connectivity index (χ1n) is 9.95. The maximum atomic E-state index is 13.4. The Morgan fingerprint density at radius 2 is 1.93 bits per heavy atom. The molecule has 2 aromatic carbocycles. The summed E-state index contributed by atoms with van der Waals surface area (Å²) in [6, 6.07) is 16.9. The van der Waals surface area contributed by atoms with E-state index >= 15 is 0 Å². The lowest BCUT2D eigenvalue weighted by Gasteiger charge is -2.28. The lowest BCUT2D eigenvalue weighted by molar-refractivity contribution is -0.120. The summed E-state index contributed by atoms with van der Waals surface area (Å²) in [6.07, 6.45) is 2.64. The Hall–Kier alpha value is -2.57. The van der Waals surface area contributed by atoms with E-state index in [0.29, 0.717) is 12.2 Å². The minimum atomic E-state index is -0.286. The van der Waals surface area contributed by atoms with E-state index in [9.17, 15) is 9.18 Å². The SMILES string of the molecule is O=C(Cc1csc(-c2cccc(F)c2)n1)NCC(c1ccccc1)N1CCCC1. The van der Waals surface area contributed by atoms with Crippen LogP contribution in [0.25, 0.3) is 10.6 Å². The number of nitrogens with zero attached hydrogens (tertiary/aromatic N) is 2. The van der Waals surface area contributed by atoms with E-state index in [0.717, 1.165) is 23.7 Å². The lowest BCUT2D eigenvalue weighted by Crippen LogP contribution is -2.37. The average molecular weight is 410 g/mol. The highest BCUT2D eigenvalue weighted by Crippen LogP contribution is 2.26. The van der Waals surface area contributed by atoms with Crippen molar-refractivity contribution in [2.75, 3.05) is 19.6 Å². The zero-order valence-corrected chi connectivity index (χ0v) is 17.0. The number of amides is 1. The second-order valence-electron chi connectivity index (χ2n) is 7.30. The van der Waals surface area contributed by atoms with Gasteiger partial charge < -0.3 is 5.32 Å². The van der Waals surface area contributed by atoms with Crippen LogP contribution in [0.4, 0.5) is 4.39 Å². The fourth-order valence-corrected chi connectivity index (χ4v) is 4.58. The van der Waals surface area contributed by atoms with Gasteiger partial charge in [0, 0.05) is 17.5 Å². The number of rotatable bonds is 7. The van der Waals surface area contributed by atoms with Crippen LogP contribution in [0.1, 0.15) is 30.1 Å². The molecule has 4 nitrogen and oxygen atoms in total. The molecule has 1 aliphatic heterocycles. The summed E-state index contributed by atoms with van der Waals surface area (Å²) in [6.45, 7) is 2.72. The molecule has 0 spiro atoms. The van der Waals surface area contributed by atoms with Gasteiger partial charge in [-0.15, -0.1) is 11.3 Å². The van der Waals surface area contributed by atoms with Gasteiger partial charge in [0.1, 0.15) is 10.8 Å². The fourth-order valence-electron chi connectivity index (χ4n) is 3.77. The van der Waals surface area contributed by atoms with E-state index in [-0.39, 0.29) is 24.2 Å². The summed E-state index contributed by atoms with van der Waals surface area (Å²) in [5.41, 5.74) is 2.68. The first-order valence-corrected chi connectivity index (χ1v) is 10.8. The van der Waals surface area contributed by atoms with Crippen LogP contribution in [0.15, 0.2) is 60.0 Å². The Balaban J connectivity index is 1.37. The summed E-state index contributed by atoms with van der Waals surface area (Å²) in [7, 11) is 0.